The number of likely N-dealkylation sites (N-methyl/N-ethyl adjacent to an activating group) is 1. The number of cyclic esters (lactones) is 1. The van der Waals surface area contributed by atoms with Crippen molar-refractivity contribution in [2.45, 2.75) is 65.1 Å². The molecule has 1 aliphatic heterocycles. The smallest absolute Gasteiger partial charge is 0.331 e. The molecule has 5 unspecified atom stereocenters. The third kappa shape index (κ3) is 9.26. The Hall–Kier alpha value is -2.67. The van der Waals surface area contributed by atoms with E-state index < -0.39 is 42.6 Å². The lowest BCUT2D eigenvalue weighted by Gasteiger charge is -2.29. The van der Waals surface area contributed by atoms with Gasteiger partial charge in [0.2, 0.25) is 17.7 Å². The van der Waals surface area contributed by atoms with E-state index in [1.54, 1.807) is 26.0 Å². The number of aliphatic hydroxyl groups is 1. The average Bonchev–Trinajstić information content (AvgIpc) is 2.84. The molecule has 4 N–H and O–H groups in total. The van der Waals surface area contributed by atoms with Gasteiger partial charge in [0.05, 0.1) is 22.8 Å². The fourth-order valence-corrected chi connectivity index (χ4v) is 5.02. The van der Waals surface area contributed by atoms with E-state index in [1.165, 1.54) is 18.0 Å². The lowest BCUT2D eigenvalue weighted by atomic mass is 9.96. The van der Waals surface area contributed by atoms with Crippen LogP contribution in [0.1, 0.15) is 46.1 Å². The molecule has 0 radical (unpaired) electrons. The fraction of sp³-hybridized carbons (Fsp3) is 0.556. The van der Waals surface area contributed by atoms with Gasteiger partial charge < -0.3 is 30.5 Å². The van der Waals surface area contributed by atoms with Gasteiger partial charge in [-0.25, -0.2) is 4.79 Å². The first kappa shape index (κ1) is 31.5. The highest BCUT2D eigenvalue weighted by molar-refractivity contribution is 14.1. The summed E-state index contributed by atoms with van der Waals surface area (Å²) in [6.45, 7) is 6.45. The van der Waals surface area contributed by atoms with Crippen molar-refractivity contribution >= 4 is 46.3 Å². The number of aliphatic hydroxyl groups excluding tert-OH is 1. The van der Waals surface area contributed by atoms with Gasteiger partial charge in [0.1, 0.15) is 11.8 Å². The van der Waals surface area contributed by atoms with Crippen LogP contribution in [0.25, 0.3) is 0 Å². The number of phenolic OH excluding ortho intramolecular Hbond substituents is 1. The van der Waals surface area contributed by atoms with Gasteiger partial charge in [0, 0.05) is 19.4 Å². The molecule has 0 bridgehead atoms. The molecule has 0 saturated carbocycles. The second kappa shape index (κ2) is 14.5. The lowest BCUT2D eigenvalue weighted by molar-refractivity contribution is -0.154. The third-order valence-corrected chi connectivity index (χ3v) is 7.33. The SMILES string of the molecule is CC1=CC(C)CC(C)OC(=O)C(CO)NC(=O)C(Cc2ccc(O)c(I)c2)N(C)C(=O)CNC(=O)C(C)C1. The van der Waals surface area contributed by atoms with Crippen molar-refractivity contribution in [1.29, 1.82) is 0 Å². The maximum atomic E-state index is 13.4. The normalized spacial score (nSPS) is 27.0. The Kier molecular flexibility index (Phi) is 12.0. The number of amides is 3. The molecule has 2 rings (SSSR count). The van der Waals surface area contributed by atoms with E-state index in [-0.39, 0.29) is 36.5 Å². The van der Waals surface area contributed by atoms with Gasteiger partial charge in [-0.05, 0) is 72.9 Å². The van der Waals surface area contributed by atoms with Crippen LogP contribution in [0, 0.1) is 15.4 Å². The van der Waals surface area contributed by atoms with Gasteiger partial charge in [-0.15, -0.1) is 0 Å². The number of rotatable bonds is 3. The van der Waals surface area contributed by atoms with E-state index in [0.717, 1.165) is 5.57 Å². The quantitative estimate of drug-likeness (QED) is 0.224. The summed E-state index contributed by atoms with van der Waals surface area (Å²) in [6, 6.07) is 2.43. The van der Waals surface area contributed by atoms with Crippen molar-refractivity contribution in [2.24, 2.45) is 11.8 Å². The standard InChI is InChI=1S/C27H38IN3O7/c1-15-8-16(2)10-18(4)38-27(37)21(14-32)30-26(36)22(12-19-6-7-23(33)20(28)11-19)31(5)24(34)13-29-25(35)17(3)9-15/h6-8,11,16-18,21-22,32-33H,9-10,12-14H2,1-5H3,(H,29,35)(H,30,36). The molecule has 1 aromatic carbocycles. The van der Waals surface area contributed by atoms with Crippen LogP contribution in [0.2, 0.25) is 0 Å². The van der Waals surface area contributed by atoms with Crippen molar-refractivity contribution in [3.63, 3.8) is 0 Å². The largest absolute Gasteiger partial charge is 0.507 e. The minimum Gasteiger partial charge on any atom is -0.507 e. The summed E-state index contributed by atoms with van der Waals surface area (Å²) < 4.78 is 6.08. The van der Waals surface area contributed by atoms with E-state index >= 15 is 0 Å². The number of hydrogen-bond acceptors (Lipinski definition) is 7. The van der Waals surface area contributed by atoms with Crippen LogP contribution in [0.5, 0.6) is 5.75 Å². The predicted octanol–water partition coefficient (Wildman–Crippen LogP) is 1.90. The summed E-state index contributed by atoms with van der Waals surface area (Å²) in [7, 11) is 1.44. The number of esters is 1. The number of benzene rings is 1. The number of carbonyl (C=O) groups is 4. The highest BCUT2D eigenvalue weighted by atomic mass is 127. The number of phenols is 1. The number of carbonyl (C=O) groups excluding carboxylic acids is 4. The Morgan fingerprint density at radius 3 is 2.45 bits per heavy atom. The summed E-state index contributed by atoms with van der Waals surface area (Å²) in [6.07, 6.45) is 2.64. The fourth-order valence-electron chi connectivity index (χ4n) is 4.44. The van der Waals surface area contributed by atoms with Crippen LogP contribution < -0.4 is 10.6 Å². The van der Waals surface area contributed by atoms with Crippen LogP contribution in [0.15, 0.2) is 29.8 Å². The summed E-state index contributed by atoms with van der Waals surface area (Å²) >= 11 is 1.96. The zero-order valence-corrected chi connectivity index (χ0v) is 24.7. The third-order valence-electron chi connectivity index (χ3n) is 6.47. The lowest BCUT2D eigenvalue weighted by Crippen LogP contribution is -2.55. The highest BCUT2D eigenvalue weighted by Gasteiger charge is 2.32. The molecule has 210 valence electrons. The first-order chi connectivity index (χ1) is 17.8. The molecule has 1 heterocycles. The topological polar surface area (TPSA) is 145 Å². The number of nitrogens with zero attached hydrogens (tertiary/aromatic N) is 1. The number of allylic oxidation sites excluding steroid dienone is 2. The monoisotopic (exact) mass is 643 g/mol. The molecule has 5 atom stereocenters. The second-order valence-electron chi connectivity index (χ2n) is 10.1. The summed E-state index contributed by atoms with van der Waals surface area (Å²) in [5.41, 5.74) is 1.67. The maximum absolute atomic E-state index is 13.4. The number of ether oxygens (including phenoxy) is 1. The van der Waals surface area contributed by atoms with Gasteiger partial charge in [-0.2, -0.15) is 0 Å². The minimum absolute atomic E-state index is 0.0572. The maximum Gasteiger partial charge on any atom is 0.331 e. The Morgan fingerprint density at radius 2 is 1.82 bits per heavy atom. The Morgan fingerprint density at radius 1 is 1.13 bits per heavy atom. The number of aromatic hydroxyl groups is 1. The van der Waals surface area contributed by atoms with Gasteiger partial charge in [0.25, 0.3) is 0 Å². The zero-order valence-electron chi connectivity index (χ0n) is 22.5. The van der Waals surface area contributed by atoms with Crippen LogP contribution in [0.3, 0.4) is 0 Å². The van der Waals surface area contributed by atoms with E-state index in [0.29, 0.717) is 22.0 Å². The van der Waals surface area contributed by atoms with Crippen LogP contribution in [0.4, 0.5) is 0 Å². The Balaban J connectivity index is 2.38. The van der Waals surface area contributed by atoms with Crippen LogP contribution >= 0.6 is 22.6 Å². The zero-order chi connectivity index (χ0) is 28.6. The van der Waals surface area contributed by atoms with Crippen LogP contribution in [-0.4, -0.2) is 77.2 Å². The highest BCUT2D eigenvalue weighted by Crippen LogP contribution is 2.22. The average molecular weight is 644 g/mol. The molecule has 0 aromatic heterocycles. The van der Waals surface area contributed by atoms with Crippen molar-refractivity contribution in [1.82, 2.24) is 15.5 Å². The van der Waals surface area contributed by atoms with E-state index in [1.807, 2.05) is 42.5 Å². The molecule has 0 saturated heterocycles. The van der Waals surface area contributed by atoms with Crippen molar-refractivity contribution in [3.05, 3.63) is 39.0 Å². The minimum atomic E-state index is -1.32. The summed E-state index contributed by atoms with van der Waals surface area (Å²) in [5, 5.41) is 24.9. The summed E-state index contributed by atoms with van der Waals surface area (Å²) in [4.78, 5) is 53.0. The molecule has 11 heteroatoms. The van der Waals surface area contributed by atoms with Gasteiger partial charge in [0.15, 0.2) is 6.04 Å². The Bertz CT molecular complexity index is 1060. The van der Waals surface area contributed by atoms with Crippen molar-refractivity contribution < 1.29 is 34.1 Å². The second-order valence-corrected chi connectivity index (χ2v) is 11.2. The number of nitrogens with one attached hydrogen (secondary N) is 2. The van der Waals surface area contributed by atoms with Gasteiger partial charge in [-0.3, -0.25) is 14.4 Å². The predicted molar refractivity (Wildman–Crippen MR) is 150 cm³/mol. The van der Waals surface area contributed by atoms with Crippen molar-refractivity contribution in [3.8, 4) is 5.75 Å². The van der Waals surface area contributed by atoms with E-state index in [4.69, 9.17) is 4.74 Å². The molecule has 0 spiro atoms. The number of halogens is 1. The molecule has 1 aliphatic rings. The molecule has 38 heavy (non-hydrogen) atoms. The number of hydrogen-bond donors (Lipinski definition) is 4. The van der Waals surface area contributed by atoms with Crippen molar-refractivity contribution in [2.75, 3.05) is 20.2 Å². The molecule has 1 aromatic rings. The molecule has 3 amide bonds. The molecular formula is C27H38IN3O7. The Labute approximate surface area is 237 Å². The molecule has 0 aliphatic carbocycles. The van der Waals surface area contributed by atoms with E-state index in [2.05, 4.69) is 10.6 Å². The molecule has 10 nitrogen and oxygen atoms in total. The molecule has 0 fully saturated rings. The first-order valence-corrected chi connectivity index (χ1v) is 13.7. The van der Waals surface area contributed by atoms with Crippen LogP contribution in [-0.2, 0) is 30.3 Å². The summed E-state index contributed by atoms with van der Waals surface area (Å²) in [5.74, 6) is -2.43. The van der Waals surface area contributed by atoms with Gasteiger partial charge >= 0.3 is 5.97 Å². The van der Waals surface area contributed by atoms with E-state index in [9.17, 15) is 29.4 Å². The molecular weight excluding hydrogens is 605 g/mol. The van der Waals surface area contributed by atoms with Gasteiger partial charge in [-0.1, -0.05) is 31.6 Å². The first-order valence-electron chi connectivity index (χ1n) is 12.6.